The molecule has 0 amide bonds. The Balaban J connectivity index is 2.29. The molecule has 0 aliphatic heterocycles. The molecule has 0 unspecified atom stereocenters. The number of Topliss-reactive ketones (excluding diaryl/α,β-unsaturated/α-hetero) is 1. The van der Waals surface area contributed by atoms with Crippen LogP contribution in [0, 0.1) is 0 Å². The van der Waals surface area contributed by atoms with E-state index in [9.17, 15) is 4.79 Å². The molecule has 0 radical (unpaired) electrons. The third-order valence-electron chi connectivity index (χ3n) is 2.68. The molecule has 0 spiro atoms. The third-order valence-corrected chi connectivity index (χ3v) is 3.82. The standard InChI is InChI=1S/C16H12Br2O/c17-11-14(10-12-4-2-1-3-5-12)16(19)13-6-8-15(18)9-7-13/h1-10H,11H2/b14-10+. The zero-order chi connectivity index (χ0) is 13.7. The highest BCUT2D eigenvalue weighted by Crippen LogP contribution is 2.17. The molecule has 0 bridgehead atoms. The molecule has 0 aliphatic rings. The van der Waals surface area contributed by atoms with Crippen LogP contribution in [0.1, 0.15) is 15.9 Å². The molecule has 96 valence electrons. The molecule has 0 saturated heterocycles. The average Bonchev–Trinajstić information content (AvgIpc) is 2.46. The van der Waals surface area contributed by atoms with E-state index in [1.165, 1.54) is 0 Å². The maximum absolute atomic E-state index is 12.4. The van der Waals surface area contributed by atoms with Crippen LogP contribution in [0.3, 0.4) is 0 Å². The van der Waals surface area contributed by atoms with Gasteiger partial charge in [-0.25, -0.2) is 0 Å². The molecule has 0 N–H and O–H groups in total. The van der Waals surface area contributed by atoms with Crippen LogP contribution in [0.25, 0.3) is 6.08 Å². The van der Waals surface area contributed by atoms with E-state index >= 15 is 0 Å². The van der Waals surface area contributed by atoms with Crippen molar-refractivity contribution in [3.05, 3.63) is 75.8 Å². The van der Waals surface area contributed by atoms with Gasteiger partial charge in [-0.3, -0.25) is 4.79 Å². The maximum Gasteiger partial charge on any atom is 0.189 e. The molecule has 0 heterocycles. The Hall–Kier alpha value is -1.19. The first-order chi connectivity index (χ1) is 9.20. The summed E-state index contributed by atoms with van der Waals surface area (Å²) < 4.78 is 0.969. The van der Waals surface area contributed by atoms with Crippen molar-refractivity contribution in [2.24, 2.45) is 0 Å². The number of ketones is 1. The van der Waals surface area contributed by atoms with Gasteiger partial charge in [0.05, 0.1) is 0 Å². The van der Waals surface area contributed by atoms with Crippen molar-refractivity contribution in [3.8, 4) is 0 Å². The van der Waals surface area contributed by atoms with Gasteiger partial charge in [-0.1, -0.05) is 62.2 Å². The number of alkyl halides is 1. The molecular formula is C16H12Br2O. The lowest BCUT2D eigenvalue weighted by Gasteiger charge is -2.04. The minimum Gasteiger partial charge on any atom is -0.289 e. The van der Waals surface area contributed by atoms with Crippen LogP contribution in [-0.4, -0.2) is 11.1 Å². The van der Waals surface area contributed by atoms with Crippen LogP contribution in [-0.2, 0) is 0 Å². The smallest absolute Gasteiger partial charge is 0.189 e. The fourth-order valence-electron chi connectivity index (χ4n) is 1.70. The van der Waals surface area contributed by atoms with Gasteiger partial charge >= 0.3 is 0 Å². The third kappa shape index (κ3) is 3.88. The molecule has 1 nitrogen and oxygen atoms in total. The minimum absolute atomic E-state index is 0.0493. The van der Waals surface area contributed by atoms with E-state index in [-0.39, 0.29) is 5.78 Å². The van der Waals surface area contributed by atoms with Crippen LogP contribution in [0.4, 0.5) is 0 Å². The fourth-order valence-corrected chi connectivity index (χ4v) is 2.38. The molecule has 3 heteroatoms. The van der Waals surface area contributed by atoms with Gasteiger partial charge in [0.2, 0.25) is 0 Å². The number of carbonyl (C=O) groups is 1. The summed E-state index contributed by atoms with van der Waals surface area (Å²) in [6.07, 6.45) is 1.92. The van der Waals surface area contributed by atoms with Gasteiger partial charge < -0.3 is 0 Å². The van der Waals surface area contributed by atoms with Crippen molar-refractivity contribution in [2.75, 3.05) is 5.33 Å². The molecule has 19 heavy (non-hydrogen) atoms. The second kappa shape index (κ2) is 6.83. The van der Waals surface area contributed by atoms with Crippen molar-refractivity contribution < 1.29 is 4.79 Å². The van der Waals surface area contributed by atoms with Crippen molar-refractivity contribution in [1.29, 1.82) is 0 Å². The largest absolute Gasteiger partial charge is 0.289 e. The number of benzene rings is 2. The summed E-state index contributed by atoms with van der Waals surface area (Å²) in [5, 5.41) is 0.538. The molecule has 0 aliphatic carbocycles. The first-order valence-corrected chi connectivity index (χ1v) is 7.74. The monoisotopic (exact) mass is 378 g/mol. The summed E-state index contributed by atoms with van der Waals surface area (Å²) >= 11 is 6.75. The summed E-state index contributed by atoms with van der Waals surface area (Å²) in [6.45, 7) is 0. The quantitative estimate of drug-likeness (QED) is 0.409. The van der Waals surface area contributed by atoms with Gasteiger partial charge in [-0.05, 0) is 35.9 Å². The average molecular weight is 380 g/mol. The number of hydrogen-bond acceptors (Lipinski definition) is 1. The van der Waals surface area contributed by atoms with Gasteiger partial charge in [0, 0.05) is 20.9 Å². The van der Waals surface area contributed by atoms with Gasteiger partial charge in [-0.15, -0.1) is 0 Å². The van der Waals surface area contributed by atoms with Crippen LogP contribution in [0.15, 0.2) is 64.6 Å². The summed E-state index contributed by atoms with van der Waals surface area (Å²) in [6, 6.07) is 17.3. The molecule has 0 saturated carbocycles. The lowest BCUT2D eigenvalue weighted by atomic mass is 10.0. The molecular weight excluding hydrogens is 368 g/mol. The Morgan fingerprint density at radius 3 is 2.21 bits per heavy atom. The van der Waals surface area contributed by atoms with Crippen molar-refractivity contribution in [3.63, 3.8) is 0 Å². The molecule has 2 aromatic carbocycles. The van der Waals surface area contributed by atoms with Gasteiger partial charge in [0.15, 0.2) is 5.78 Å². The Labute approximate surface area is 129 Å². The normalized spacial score (nSPS) is 11.4. The lowest BCUT2D eigenvalue weighted by Crippen LogP contribution is -2.04. The Morgan fingerprint density at radius 1 is 1.00 bits per heavy atom. The summed E-state index contributed by atoms with van der Waals surface area (Å²) in [5.41, 5.74) is 2.47. The van der Waals surface area contributed by atoms with Crippen LogP contribution < -0.4 is 0 Å². The van der Waals surface area contributed by atoms with E-state index < -0.39 is 0 Å². The number of hydrogen-bond donors (Lipinski definition) is 0. The molecule has 0 atom stereocenters. The summed E-state index contributed by atoms with van der Waals surface area (Å²) in [7, 11) is 0. The summed E-state index contributed by atoms with van der Waals surface area (Å²) in [4.78, 5) is 12.4. The predicted molar refractivity (Wildman–Crippen MR) is 86.7 cm³/mol. The molecule has 0 aromatic heterocycles. The molecule has 2 rings (SSSR count). The second-order valence-electron chi connectivity index (χ2n) is 4.05. The highest BCUT2D eigenvalue weighted by atomic mass is 79.9. The topological polar surface area (TPSA) is 17.1 Å². The maximum atomic E-state index is 12.4. The second-order valence-corrected chi connectivity index (χ2v) is 5.53. The number of rotatable bonds is 4. The van der Waals surface area contributed by atoms with E-state index in [0.717, 1.165) is 15.6 Å². The van der Waals surface area contributed by atoms with E-state index in [2.05, 4.69) is 31.9 Å². The van der Waals surface area contributed by atoms with Crippen LogP contribution >= 0.6 is 31.9 Å². The van der Waals surface area contributed by atoms with Crippen LogP contribution in [0.5, 0.6) is 0 Å². The Kier molecular flexibility index (Phi) is 5.11. The minimum atomic E-state index is 0.0493. The number of allylic oxidation sites excluding steroid dienone is 1. The highest BCUT2D eigenvalue weighted by molar-refractivity contribution is 9.10. The SMILES string of the molecule is O=C(/C(=C/c1ccccc1)CBr)c1ccc(Br)cc1. The lowest BCUT2D eigenvalue weighted by molar-refractivity contribution is 0.103. The van der Waals surface area contributed by atoms with E-state index in [1.807, 2.05) is 60.7 Å². The van der Waals surface area contributed by atoms with Crippen molar-refractivity contribution in [1.82, 2.24) is 0 Å². The molecule has 2 aromatic rings. The highest BCUT2D eigenvalue weighted by Gasteiger charge is 2.11. The van der Waals surface area contributed by atoms with Crippen molar-refractivity contribution in [2.45, 2.75) is 0 Å². The van der Waals surface area contributed by atoms with Gasteiger partial charge in [0.1, 0.15) is 0 Å². The first kappa shape index (κ1) is 14.2. The van der Waals surface area contributed by atoms with Gasteiger partial charge in [0.25, 0.3) is 0 Å². The van der Waals surface area contributed by atoms with E-state index in [4.69, 9.17) is 0 Å². The zero-order valence-electron chi connectivity index (χ0n) is 10.1. The number of carbonyl (C=O) groups excluding carboxylic acids is 1. The van der Waals surface area contributed by atoms with Gasteiger partial charge in [-0.2, -0.15) is 0 Å². The molecule has 0 fully saturated rings. The zero-order valence-corrected chi connectivity index (χ0v) is 13.3. The van der Waals surface area contributed by atoms with Crippen molar-refractivity contribution >= 4 is 43.7 Å². The Bertz CT molecular complexity index is 586. The first-order valence-electron chi connectivity index (χ1n) is 5.82. The van der Waals surface area contributed by atoms with E-state index in [1.54, 1.807) is 0 Å². The van der Waals surface area contributed by atoms with E-state index in [0.29, 0.717) is 10.9 Å². The Morgan fingerprint density at radius 2 is 1.63 bits per heavy atom. The number of halogens is 2. The predicted octanol–water partition coefficient (Wildman–Crippen LogP) is 5.11. The van der Waals surface area contributed by atoms with Crippen LogP contribution in [0.2, 0.25) is 0 Å². The fraction of sp³-hybridized carbons (Fsp3) is 0.0625. The summed E-state index contributed by atoms with van der Waals surface area (Å²) in [5.74, 6) is 0.0493.